The van der Waals surface area contributed by atoms with Crippen molar-refractivity contribution in [2.24, 2.45) is 11.3 Å². The Kier molecular flexibility index (Phi) is 4.60. The molecule has 6 heteroatoms. The molecule has 0 unspecified atom stereocenters. The van der Waals surface area contributed by atoms with E-state index in [-0.39, 0.29) is 17.2 Å². The maximum atomic E-state index is 12.9. The molecule has 1 aliphatic heterocycles. The summed E-state index contributed by atoms with van der Waals surface area (Å²) in [4.78, 5) is 24.8. The summed E-state index contributed by atoms with van der Waals surface area (Å²) in [6.45, 7) is 1.65. The Bertz CT molecular complexity index is 634. The number of nitrogens with one attached hydrogen (secondary N) is 3. The van der Waals surface area contributed by atoms with Crippen LogP contribution in [0.1, 0.15) is 36.0 Å². The van der Waals surface area contributed by atoms with Crippen LogP contribution in [0.25, 0.3) is 0 Å². The van der Waals surface area contributed by atoms with Crippen molar-refractivity contribution in [3.63, 3.8) is 0 Å². The minimum Gasteiger partial charge on any atom is -0.355 e. The smallest absolute Gasteiger partial charge is 0.252 e. The van der Waals surface area contributed by atoms with E-state index < -0.39 is 0 Å². The number of halogens is 1. The zero-order valence-electron chi connectivity index (χ0n) is 13.2. The van der Waals surface area contributed by atoms with E-state index in [4.69, 9.17) is 11.6 Å². The molecule has 2 aliphatic rings. The molecule has 23 heavy (non-hydrogen) atoms. The third kappa shape index (κ3) is 2.95. The molecule has 1 aromatic rings. The van der Waals surface area contributed by atoms with Crippen LogP contribution in [0.3, 0.4) is 0 Å². The van der Waals surface area contributed by atoms with Gasteiger partial charge in [0.2, 0.25) is 5.91 Å². The molecule has 2 atom stereocenters. The summed E-state index contributed by atoms with van der Waals surface area (Å²) in [7, 11) is 1.56. The molecule has 1 aliphatic carbocycles. The summed E-state index contributed by atoms with van der Waals surface area (Å²) in [5, 5.41) is 9.31. The van der Waals surface area contributed by atoms with Crippen molar-refractivity contribution in [2.75, 3.05) is 25.5 Å². The van der Waals surface area contributed by atoms with Crippen molar-refractivity contribution in [1.29, 1.82) is 0 Å². The molecule has 3 N–H and O–H groups in total. The number of benzene rings is 1. The molecule has 0 radical (unpaired) electrons. The van der Waals surface area contributed by atoms with E-state index in [9.17, 15) is 9.59 Å². The third-order valence-electron chi connectivity index (χ3n) is 5.19. The van der Waals surface area contributed by atoms with Crippen LogP contribution in [0.2, 0.25) is 5.02 Å². The number of carbonyl (C=O) groups is 2. The highest BCUT2D eigenvalue weighted by Crippen LogP contribution is 2.44. The van der Waals surface area contributed by atoms with E-state index >= 15 is 0 Å². The molecule has 1 saturated carbocycles. The molecule has 5 nitrogen and oxygen atoms in total. The Morgan fingerprint density at radius 2 is 2.17 bits per heavy atom. The van der Waals surface area contributed by atoms with Crippen molar-refractivity contribution in [1.82, 2.24) is 10.6 Å². The maximum Gasteiger partial charge on any atom is 0.252 e. The lowest BCUT2D eigenvalue weighted by atomic mass is 9.67. The lowest BCUT2D eigenvalue weighted by Crippen LogP contribution is -2.44. The second-order valence-electron chi connectivity index (χ2n) is 6.46. The number of amides is 2. The summed E-state index contributed by atoms with van der Waals surface area (Å²) in [6.07, 6.45) is 4.32. The molecule has 3 rings (SSSR count). The third-order valence-corrected chi connectivity index (χ3v) is 5.52. The van der Waals surface area contributed by atoms with Gasteiger partial charge in [0.15, 0.2) is 0 Å². The van der Waals surface area contributed by atoms with Crippen molar-refractivity contribution < 1.29 is 9.59 Å². The number of hydrogen-bond acceptors (Lipinski definition) is 3. The minimum atomic E-state index is -0.314. The zero-order chi connectivity index (χ0) is 16.4. The highest BCUT2D eigenvalue weighted by Gasteiger charge is 2.49. The fourth-order valence-corrected chi connectivity index (χ4v) is 4.06. The standard InChI is InChI=1S/C17H22ClN3O2/c1-19-15(22)13-8-12(5-6-14(13)18)21-16(23)17-7-3-2-4-11(17)9-20-10-17/h5-6,8,11,20H,2-4,7,9-10H2,1H3,(H,19,22)(H,21,23)/t11-,17+/m0/s1. The van der Waals surface area contributed by atoms with Crippen molar-refractivity contribution in [3.05, 3.63) is 28.8 Å². The van der Waals surface area contributed by atoms with Crippen LogP contribution in [0, 0.1) is 11.3 Å². The number of rotatable bonds is 3. The predicted octanol–water partition coefficient (Wildman–Crippen LogP) is 2.42. The molecule has 0 aromatic heterocycles. The van der Waals surface area contributed by atoms with Crippen molar-refractivity contribution in [2.45, 2.75) is 25.7 Å². The monoisotopic (exact) mass is 335 g/mol. The fourth-order valence-electron chi connectivity index (χ4n) is 3.86. The van der Waals surface area contributed by atoms with Gasteiger partial charge in [0.05, 0.1) is 16.0 Å². The van der Waals surface area contributed by atoms with Gasteiger partial charge in [-0.3, -0.25) is 9.59 Å². The predicted molar refractivity (Wildman–Crippen MR) is 90.7 cm³/mol. The van der Waals surface area contributed by atoms with Gasteiger partial charge in [0.25, 0.3) is 5.91 Å². The zero-order valence-corrected chi connectivity index (χ0v) is 14.0. The number of anilines is 1. The lowest BCUT2D eigenvalue weighted by molar-refractivity contribution is -0.128. The number of fused-ring (bicyclic) bond motifs is 1. The Morgan fingerprint density at radius 1 is 1.35 bits per heavy atom. The molecule has 0 bridgehead atoms. The second-order valence-corrected chi connectivity index (χ2v) is 6.86. The number of carbonyl (C=O) groups excluding carboxylic acids is 2. The van der Waals surface area contributed by atoms with Gasteiger partial charge >= 0.3 is 0 Å². The summed E-state index contributed by atoms with van der Waals surface area (Å²) in [5.74, 6) is 0.196. The van der Waals surface area contributed by atoms with Gasteiger partial charge < -0.3 is 16.0 Å². The molecule has 1 saturated heterocycles. The summed E-state index contributed by atoms with van der Waals surface area (Å²) >= 11 is 6.06. The van der Waals surface area contributed by atoms with Crippen LogP contribution < -0.4 is 16.0 Å². The van der Waals surface area contributed by atoms with Gasteiger partial charge in [-0.05, 0) is 43.5 Å². The van der Waals surface area contributed by atoms with Gasteiger partial charge in [0.1, 0.15) is 0 Å². The Balaban J connectivity index is 1.81. The van der Waals surface area contributed by atoms with Crippen LogP contribution >= 0.6 is 11.6 Å². The molecule has 1 aromatic carbocycles. The average molecular weight is 336 g/mol. The SMILES string of the molecule is CNC(=O)c1cc(NC(=O)[C@@]23CCCC[C@H]2CNC3)ccc1Cl. The van der Waals surface area contributed by atoms with Gasteiger partial charge in [-0.25, -0.2) is 0 Å². The molecule has 2 amide bonds. The van der Waals surface area contributed by atoms with Crippen LogP contribution in [0.4, 0.5) is 5.69 Å². The van der Waals surface area contributed by atoms with E-state index in [0.29, 0.717) is 22.2 Å². The normalized spacial score (nSPS) is 26.4. The first-order valence-electron chi connectivity index (χ1n) is 8.10. The van der Waals surface area contributed by atoms with E-state index in [0.717, 1.165) is 32.4 Å². The highest BCUT2D eigenvalue weighted by atomic mass is 35.5. The molecule has 0 spiro atoms. The van der Waals surface area contributed by atoms with Gasteiger partial charge in [-0.1, -0.05) is 24.4 Å². The summed E-state index contributed by atoms with van der Waals surface area (Å²) in [6, 6.07) is 5.02. The highest BCUT2D eigenvalue weighted by molar-refractivity contribution is 6.34. The van der Waals surface area contributed by atoms with E-state index in [1.165, 1.54) is 6.42 Å². The van der Waals surface area contributed by atoms with Crippen LogP contribution in [0.5, 0.6) is 0 Å². The van der Waals surface area contributed by atoms with Gasteiger partial charge in [-0.2, -0.15) is 0 Å². The van der Waals surface area contributed by atoms with Crippen LogP contribution in [-0.2, 0) is 4.79 Å². The molecule has 1 heterocycles. The van der Waals surface area contributed by atoms with Gasteiger partial charge in [-0.15, -0.1) is 0 Å². The molecular formula is C17H22ClN3O2. The maximum absolute atomic E-state index is 12.9. The summed E-state index contributed by atoms with van der Waals surface area (Å²) in [5.41, 5.74) is 0.670. The van der Waals surface area contributed by atoms with E-state index in [1.807, 2.05) is 0 Å². The quantitative estimate of drug-likeness (QED) is 0.794. The topological polar surface area (TPSA) is 70.2 Å². The average Bonchev–Trinajstić information content (AvgIpc) is 3.01. The van der Waals surface area contributed by atoms with Crippen molar-refractivity contribution in [3.8, 4) is 0 Å². The van der Waals surface area contributed by atoms with Gasteiger partial charge in [0, 0.05) is 19.3 Å². The Morgan fingerprint density at radius 3 is 2.96 bits per heavy atom. The fraction of sp³-hybridized carbons (Fsp3) is 0.529. The first-order valence-corrected chi connectivity index (χ1v) is 8.48. The molecular weight excluding hydrogens is 314 g/mol. The largest absolute Gasteiger partial charge is 0.355 e. The van der Waals surface area contributed by atoms with Crippen LogP contribution in [-0.4, -0.2) is 32.0 Å². The molecule has 124 valence electrons. The Hall–Kier alpha value is -1.59. The van der Waals surface area contributed by atoms with E-state index in [2.05, 4.69) is 16.0 Å². The van der Waals surface area contributed by atoms with E-state index in [1.54, 1.807) is 25.2 Å². The summed E-state index contributed by atoms with van der Waals surface area (Å²) < 4.78 is 0. The van der Waals surface area contributed by atoms with Crippen LogP contribution in [0.15, 0.2) is 18.2 Å². The van der Waals surface area contributed by atoms with Crippen molar-refractivity contribution >= 4 is 29.1 Å². The first kappa shape index (κ1) is 16.3. The Labute approximate surface area is 141 Å². The minimum absolute atomic E-state index is 0.0531. The lowest BCUT2D eigenvalue weighted by Gasteiger charge is -2.37. The second kappa shape index (κ2) is 6.49. The molecule has 2 fully saturated rings. The first-order chi connectivity index (χ1) is 11.1. The number of hydrogen-bond donors (Lipinski definition) is 3.